The van der Waals surface area contributed by atoms with Crippen molar-refractivity contribution in [2.45, 2.75) is 19.8 Å². The average molecular weight is 214 g/mol. The summed E-state index contributed by atoms with van der Waals surface area (Å²) in [7, 11) is 1.22. The first-order chi connectivity index (χ1) is 7.04. The number of hydrogen-bond acceptors (Lipinski definition) is 4. The van der Waals surface area contributed by atoms with Crippen LogP contribution in [0.2, 0.25) is 0 Å². The number of esters is 1. The fraction of sp³-hybridized carbons (Fsp3) is 0.500. The lowest BCUT2D eigenvalue weighted by Gasteiger charge is -2.12. The van der Waals surface area contributed by atoms with Gasteiger partial charge in [0.05, 0.1) is 20.0 Å². The summed E-state index contributed by atoms with van der Waals surface area (Å²) in [6.45, 7) is 1.62. The van der Waals surface area contributed by atoms with Crippen LogP contribution in [0.25, 0.3) is 0 Å². The van der Waals surface area contributed by atoms with E-state index in [-0.39, 0.29) is 12.8 Å². The molecule has 0 rings (SSSR count). The number of carbonyl (C=O) groups is 3. The molecule has 0 aliphatic heterocycles. The van der Waals surface area contributed by atoms with Crippen LogP contribution in [0.4, 0.5) is 0 Å². The van der Waals surface area contributed by atoms with Crippen LogP contribution in [0, 0.1) is 5.92 Å². The molecule has 0 aromatic carbocycles. The van der Waals surface area contributed by atoms with Crippen molar-refractivity contribution < 1.29 is 24.2 Å². The van der Waals surface area contributed by atoms with E-state index in [9.17, 15) is 14.4 Å². The number of methoxy groups -OCH3 is 1. The second-order valence-electron chi connectivity index (χ2n) is 2.98. The number of carboxylic acid groups (broad SMARTS) is 1. The third-order valence-electron chi connectivity index (χ3n) is 2.00. The molecule has 5 nitrogen and oxygen atoms in total. The van der Waals surface area contributed by atoms with E-state index in [0.29, 0.717) is 11.9 Å². The number of carbonyl (C=O) groups excluding carboxylic acids is 2. The second-order valence-corrected chi connectivity index (χ2v) is 2.98. The van der Waals surface area contributed by atoms with E-state index >= 15 is 0 Å². The predicted molar refractivity (Wildman–Crippen MR) is 52.2 cm³/mol. The minimum atomic E-state index is -1.05. The molecule has 0 fully saturated rings. The van der Waals surface area contributed by atoms with Crippen LogP contribution in [0.15, 0.2) is 11.6 Å². The minimum Gasteiger partial charge on any atom is -0.481 e. The van der Waals surface area contributed by atoms with Gasteiger partial charge in [-0.3, -0.25) is 14.4 Å². The van der Waals surface area contributed by atoms with Crippen LogP contribution in [0.1, 0.15) is 19.8 Å². The van der Waals surface area contributed by atoms with Gasteiger partial charge < -0.3 is 9.84 Å². The quantitative estimate of drug-likeness (QED) is 0.401. The molecule has 0 aliphatic rings. The van der Waals surface area contributed by atoms with Crippen LogP contribution < -0.4 is 0 Å². The third kappa shape index (κ3) is 4.95. The first kappa shape index (κ1) is 13.4. The molecule has 0 aliphatic carbocycles. The Kier molecular flexibility index (Phi) is 6.01. The Morgan fingerprint density at radius 2 is 2.00 bits per heavy atom. The van der Waals surface area contributed by atoms with Crippen LogP contribution >= 0.6 is 0 Å². The normalized spacial score (nSPS) is 13.1. The summed E-state index contributed by atoms with van der Waals surface area (Å²) >= 11 is 0. The van der Waals surface area contributed by atoms with Gasteiger partial charge in [-0.15, -0.1) is 0 Å². The molecule has 1 N–H and O–H groups in total. The maximum absolute atomic E-state index is 11.0. The highest BCUT2D eigenvalue weighted by Gasteiger charge is 2.20. The molecule has 0 heterocycles. The number of aldehydes is 1. The van der Waals surface area contributed by atoms with Gasteiger partial charge in [-0.05, 0) is 12.5 Å². The molecule has 0 amide bonds. The van der Waals surface area contributed by atoms with Gasteiger partial charge in [0.2, 0.25) is 0 Å². The van der Waals surface area contributed by atoms with Crippen molar-refractivity contribution in [3.05, 3.63) is 11.6 Å². The van der Waals surface area contributed by atoms with Crippen LogP contribution in [-0.2, 0) is 19.1 Å². The van der Waals surface area contributed by atoms with Gasteiger partial charge in [-0.25, -0.2) is 0 Å². The molecule has 15 heavy (non-hydrogen) atoms. The zero-order valence-electron chi connectivity index (χ0n) is 8.73. The fourth-order valence-electron chi connectivity index (χ4n) is 1.20. The standard InChI is InChI=1S/C10H14O5/c1-3-7(6-11)8(4-9(12)13)5-10(14)15-2/h3,6,8H,4-5H2,1-2H3,(H,12,13)/b7-3+. The summed E-state index contributed by atoms with van der Waals surface area (Å²) in [5.41, 5.74) is 0.308. The van der Waals surface area contributed by atoms with E-state index in [2.05, 4.69) is 4.74 Å². The molecule has 5 heteroatoms. The molecule has 0 spiro atoms. The lowest BCUT2D eigenvalue weighted by Crippen LogP contribution is -2.16. The molecule has 1 unspecified atom stereocenters. The summed E-state index contributed by atoms with van der Waals surface area (Å²) in [6, 6.07) is 0. The molecule has 84 valence electrons. The largest absolute Gasteiger partial charge is 0.481 e. The van der Waals surface area contributed by atoms with Crippen LogP contribution in [0.5, 0.6) is 0 Å². The number of carboxylic acids is 1. The summed E-state index contributed by atoms with van der Waals surface area (Å²) < 4.78 is 4.43. The zero-order chi connectivity index (χ0) is 11.8. The van der Waals surface area contributed by atoms with Crippen LogP contribution in [0.3, 0.4) is 0 Å². The Morgan fingerprint density at radius 3 is 2.33 bits per heavy atom. The Morgan fingerprint density at radius 1 is 1.40 bits per heavy atom. The molecule has 0 saturated heterocycles. The highest BCUT2D eigenvalue weighted by atomic mass is 16.5. The number of rotatable bonds is 6. The van der Waals surface area contributed by atoms with Crippen molar-refractivity contribution in [1.29, 1.82) is 0 Å². The van der Waals surface area contributed by atoms with Crippen LogP contribution in [-0.4, -0.2) is 30.4 Å². The van der Waals surface area contributed by atoms with Gasteiger partial charge in [-0.2, -0.15) is 0 Å². The highest BCUT2D eigenvalue weighted by Crippen LogP contribution is 2.18. The smallest absolute Gasteiger partial charge is 0.306 e. The fourth-order valence-corrected chi connectivity index (χ4v) is 1.20. The van der Waals surface area contributed by atoms with E-state index in [1.54, 1.807) is 6.92 Å². The van der Waals surface area contributed by atoms with Crippen molar-refractivity contribution >= 4 is 18.2 Å². The number of ether oxygens (including phenoxy) is 1. The highest BCUT2D eigenvalue weighted by molar-refractivity contribution is 5.80. The van der Waals surface area contributed by atoms with Crippen molar-refractivity contribution in [1.82, 2.24) is 0 Å². The third-order valence-corrected chi connectivity index (χ3v) is 2.00. The summed E-state index contributed by atoms with van der Waals surface area (Å²) in [6.07, 6.45) is 1.72. The van der Waals surface area contributed by atoms with Crippen molar-refractivity contribution in [3.8, 4) is 0 Å². The lowest BCUT2D eigenvalue weighted by atomic mass is 9.93. The first-order valence-electron chi connectivity index (χ1n) is 4.45. The van der Waals surface area contributed by atoms with Crippen molar-refractivity contribution in [3.63, 3.8) is 0 Å². The molecule has 1 atom stereocenters. The molecule has 0 aromatic heterocycles. The number of allylic oxidation sites excluding steroid dienone is 2. The molecule has 0 aromatic rings. The topological polar surface area (TPSA) is 80.7 Å². The lowest BCUT2D eigenvalue weighted by molar-refractivity contribution is -0.142. The Balaban J connectivity index is 4.63. The van der Waals surface area contributed by atoms with Crippen molar-refractivity contribution in [2.75, 3.05) is 7.11 Å². The van der Waals surface area contributed by atoms with Gasteiger partial charge in [0.15, 0.2) is 0 Å². The van der Waals surface area contributed by atoms with Gasteiger partial charge in [-0.1, -0.05) is 6.08 Å². The maximum atomic E-state index is 11.0. The maximum Gasteiger partial charge on any atom is 0.306 e. The van der Waals surface area contributed by atoms with Crippen molar-refractivity contribution in [2.24, 2.45) is 5.92 Å². The summed E-state index contributed by atoms with van der Waals surface area (Å²) in [4.78, 5) is 32.1. The van der Waals surface area contributed by atoms with Gasteiger partial charge >= 0.3 is 11.9 Å². The Hall–Kier alpha value is -1.65. The Labute approximate surface area is 87.7 Å². The monoisotopic (exact) mass is 214 g/mol. The summed E-state index contributed by atoms with van der Waals surface area (Å²) in [5, 5.41) is 8.61. The molecular weight excluding hydrogens is 200 g/mol. The van der Waals surface area contributed by atoms with Gasteiger partial charge in [0.25, 0.3) is 0 Å². The minimum absolute atomic E-state index is 0.0960. The molecule has 0 radical (unpaired) electrons. The van der Waals surface area contributed by atoms with E-state index in [1.165, 1.54) is 13.2 Å². The first-order valence-corrected chi connectivity index (χ1v) is 4.45. The Bertz CT molecular complexity index is 280. The predicted octanol–water partition coefficient (Wildman–Crippen LogP) is 0.786. The zero-order valence-corrected chi connectivity index (χ0v) is 8.73. The van der Waals surface area contributed by atoms with E-state index in [4.69, 9.17) is 5.11 Å². The molecular formula is C10H14O5. The van der Waals surface area contributed by atoms with Gasteiger partial charge in [0, 0.05) is 5.92 Å². The summed E-state index contributed by atoms with van der Waals surface area (Å²) in [5.74, 6) is -2.19. The molecule has 0 saturated carbocycles. The van der Waals surface area contributed by atoms with Gasteiger partial charge in [0.1, 0.15) is 6.29 Å². The number of hydrogen-bond donors (Lipinski definition) is 1. The second kappa shape index (κ2) is 6.75. The average Bonchev–Trinajstić information content (AvgIpc) is 2.18. The molecule has 0 bridgehead atoms. The van der Waals surface area contributed by atoms with E-state index < -0.39 is 17.9 Å². The number of aliphatic carboxylic acids is 1. The SMILES string of the molecule is C/C=C(\C=O)C(CC(=O)O)CC(=O)OC. The van der Waals surface area contributed by atoms with E-state index in [0.717, 1.165) is 0 Å². The van der Waals surface area contributed by atoms with E-state index in [1.807, 2.05) is 0 Å².